The number of hydrogen-bond donors (Lipinski definition) is 1. The van der Waals surface area contributed by atoms with Crippen LogP contribution in [-0.2, 0) is 4.79 Å². The molecule has 0 atom stereocenters. The van der Waals surface area contributed by atoms with Gasteiger partial charge >= 0.3 is 0 Å². The molecule has 2 amide bonds. The summed E-state index contributed by atoms with van der Waals surface area (Å²) in [5.74, 6) is -1.34. The number of likely N-dealkylation sites (tertiary alicyclic amines) is 1. The van der Waals surface area contributed by atoms with Crippen LogP contribution in [0.15, 0.2) is 17.5 Å². The topological polar surface area (TPSA) is 62.3 Å². The van der Waals surface area contributed by atoms with Crippen molar-refractivity contribution in [3.8, 4) is 0 Å². The average molecular weight is 416 g/mol. The lowest BCUT2D eigenvalue weighted by atomic mass is 9.95. The van der Waals surface area contributed by atoms with Gasteiger partial charge < -0.3 is 10.2 Å². The third-order valence-electron chi connectivity index (χ3n) is 4.24. The number of aryl methyl sites for hydroxylation is 1. The van der Waals surface area contributed by atoms with Crippen LogP contribution in [0.4, 0.5) is 9.52 Å². The molecular formula is C17H16Cl2FN3O2S. The second-order valence-corrected chi connectivity index (χ2v) is 7.77. The van der Waals surface area contributed by atoms with Crippen molar-refractivity contribution < 1.29 is 14.0 Å². The van der Waals surface area contributed by atoms with Crippen LogP contribution in [0.1, 0.15) is 28.9 Å². The van der Waals surface area contributed by atoms with Crippen molar-refractivity contribution in [2.24, 2.45) is 5.92 Å². The number of benzene rings is 1. The van der Waals surface area contributed by atoms with Gasteiger partial charge in [0.05, 0.1) is 21.3 Å². The van der Waals surface area contributed by atoms with Gasteiger partial charge in [0, 0.05) is 24.4 Å². The number of anilines is 1. The summed E-state index contributed by atoms with van der Waals surface area (Å²) in [6.07, 6.45) is 1.05. The first-order valence-electron chi connectivity index (χ1n) is 8.02. The van der Waals surface area contributed by atoms with Gasteiger partial charge in [0.2, 0.25) is 5.91 Å². The zero-order chi connectivity index (χ0) is 18.8. The Morgan fingerprint density at radius 3 is 2.58 bits per heavy atom. The van der Waals surface area contributed by atoms with Gasteiger partial charge in [-0.1, -0.05) is 23.2 Å². The number of aromatic nitrogens is 1. The maximum atomic E-state index is 13.6. The molecule has 2 heterocycles. The fraction of sp³-hybridized carbons (Fsp3) is 0.353. The number of nitrogens with one attached hydrogen (secondary N) is 1. The molecule has 5 nitrogen and oxygen atoms in total. The number of halogens is 3. The summed E-state index contributed by atoms with van der Waals surface area (Å²) in [6.45, 7) is 2.66. The van der Waals surface area contributed by atoms with Crippen molar-refractivity contribution in [2.45, 2.75) is 19.8 Å². The van der Waals surface area contributed by atoms with Crippen LogP contribution in [0.25, 0.3) is 0 Å². The first kappa shape index (κ1) is 19.1. The lowest BCUT2D eigenvalue weighted by molar-refractivity contribution is -0.121. The molecule has 1 N–H and O–H groups in total. The molecule has 26 heavy (non-hydrogen) atoms. The minimum Gasteiger partial charge on any atom is -0.339 e. The Balaban J connectivity index is 1.60. The van der Waals surface area contributed by atoms with E-state index in [2.05, 4.69) is 10.3 Å². The summed E-state index contributed by atoms with van der Waals surface area (Å²) >= 11 is 13.1. The molecule has 0 spiro atoms. The molecule has 0 bridgehead atoms. The van der Waals surface area contributed by atoms with Crippen molar-refractivity contribution in [2.75, 3.05) is 18.4 Å². The molecule has 0 aliphatic carbocycles. The van der Waals surface area contributed by atoms with Crippen LogP contribution in [0, 0.1) is 18.7 Å². The molecule has 3 rings (SSSR count). The number of rotatable bonds is 3. The number of hydrogen-bond acceptors (Lipinski definition) is 4. The van der Waals surface area contributed by atoms with Gasteiger partial charge in [0.25, 0.3) is 5.91 Å². The molecule has 2 aromatic rings. The number of nitrogens with zero attached hydrogens (tertiary/aromatic N) is 2. The molecule has 1 saturated heterocycles. The quantitative estimate of drug-likeness (QED) is 0.756. The standard InChI is InChI=1S/C17H16Cl2FN3O2S/c1-9-8-26-17(21-9)22-15(24)10-2-4-23(5-3-10)16(25)11-6-14(20)13(19)7-12(11)18/h6-8,10H,2-5H2,1H3,(H,21,22,24). The van der Waals surface area contributed by atoms with E-state index in [-0.39, 0.29) is 33.3 Å². The Morgan fingerprint density at radius 1 is 1.27 bits per heavy atom. The summed E-state index contributed by atoms with van der Waals surface area (Å²) < 4.78 is 13.6. The zero-order valence-electron chi connectivity index (χ0n) is 13.9. The third kappa shape index (κ3) is 4.16. The predicted octanol–water partition coefficient (Wildman–Crippen LogP) is 4.39. The van der Waals surface area contributed by atoms with E-state index in [1.165, 1.54) is 17.4 Å². The molecule has 1 aromatic heterocycles. The first-order chi connectivity index (χ1) is 12.3. The maximum Gasteiger partial charge on any atom is 0.255 e. The average Bonchev–Trinajstić information content (AvgIpc) is 3.02. The fourth-order valence-corrected chi connectivity index (χ4v) is 3.98. The lowest BCUT2D eigenvalue weighted by Gasteiger charge is -2.31. The van der Waals surface area contributed by atoms with Crippen LogP contribution in [0.3, 0.4) is 0 Å². The van der Waals surface area contributed by atoms with Gasteiger partial charge in [0.15, 0.2) is 5.13 Å². The van der Waals surface area contributed by atoms with Crippen molar-refractivity contribution in [1.82, 2.24) is 9.88 Å². The summed E-state index contributed by atoms with van der Waals surface area (Å²) in [5.41, 5.74) is 0.938. The van der Waals surface area contributed by atoms with Gasteiger partial charge in [-0.05, 0) is 31.9 Å². The van der Waals surface area contributed by atoms with Crippen molar-refractivity contribution in [3.05, 3.63) is 44.6 Å². The van der Waals surface area contributed by atoms with Crippen LogP contribution < -0.4 is 5.32 Å². The number of amides is 2. The van der Waals surface area contributed by atoms with Crippen LogP contribution >= 0.6 is 34.5 Å². The Labute approximate surface area is 164 Å². The zero-order valence-corrected chi connectivity index (χ0v) is 16.2. The van der Waals surface area contributed by atoms with Crippen molar-refractivity contribution >= 4 is 51.5 Å². The SMILES string of the molecule is Cc1csc(NC(=O)C2CCN(C(=O)c3cc(F)c(Cl)cc3Cl)CC2)n1. The van der Waals surface area contributed by atoms with E-state index >= 15 is 0 Å². The largest absolute Gasteiger partial charge is 0.339 e. The van der Waals surface area contributed by atoms with Gasteiger partial charge in [-0.2, -0.15) is 0 Å². The third-order valence-corrected chi connectivity index (χ3v) is 5.72. The summed E-state index contributed by atoms with van der Waals surface area (Å²) in [6, 6.07) is 2.28. The molecule has 1 aliphatic rings. The van der Waals surface area contributed by atoms with E-state index in [1.807, 2.05) is 12.3 Å². The van der Waals surface area contributed by atoms with Crippen molar-refractivity contribution in [3.63, 3.8) is 0 Å². The van der Waals surface area contributed by atoms with Crippen LogP contribution in [-0.4, -0.2) is 34.8 Å². The molecule has 0 unspecified atom stereocenters. The molecule has 1 aromatic carbocycles. The number of carbonyl (C=O) groups is 2. The number of carbonyl (C=O) groups excluding carboxylic acids is 2. The second-order valence-electron chi connectivity index (χ2n) is 6.10. The Bertz CT molecular complexity index is 851. The smallest absolute Gasteiger partial charge is 0.255 e. The first-order valence-corrected chi connectivity index (χ1v) is 9.65. The predicted molar refractivity (Wildman–Crippen MR) is 101 cm³/mol. The number of thiazole rings is 1. The minimum atomic E-state index is -0.688. The highest BCUT2D eigenvalue weighted by Gasteiger charge is 2.29. The summed E-state index contributed by atoms with van der Waals surface area (Å²) in [7, 11) is 0. The Morgan fingerprint density at radius 2 is 1.96 bits per heavy atom. The molecule has 1 aliphatic heterocycles. The molecule has 1 fully saturated rings. The molecular weight excluding hydrogens is 400 g/mol. The molecule has 0 radical (unpaired) electrons. The van der Waals surface area contributed by atoms with Crippen LogP contribution in [0.5, 0.6) is 0 Å². The summed E-state index contributed by atoms with van der Waals surface area (Å²) in [5, 5.41) is 5.24. The fourth-order valence-electron chi connectivity index (χ4n) is 2.82. The van der Waals surface area contributed by atoms with Gasteiger partial charge in [0.1, 0.15) is 5.82 Å². The normalized spacial score (nSPS) is 15.2. The van der Waals surface area contributed by atoms with E-state index in [4.69, 9.17) is 23.2 Å². The van der Waals surface area contributed by atoms with Gasteiger partial charge in [-0.25, -0.2) is 9.37 Å². The summed E-state index contributed by atoms with van der Waals surface area (Å²) in [4.78, 5) is 30.7. The van der Waals surface area contributed by atoms with Crippen LogP contribution in [0.2, 0.25) is 10.0 Å². The van der Waals surface area contributed by atoms with Gasteiger partial charge in [-0.15, -0.1) is 11.3 Å². The minimum absolute atomic E-state index is 0.0785. The highest BCUT2D eigenvalue weighted by Crippen LogP contribution is 2.27. The van der Waals surface area contributed by atoms with E-state index in [0.29, 0.717) is 31.1 Å². The van der Waals surface area contributed by atoms with E-state index < -0.39 is 5.82 Å². The highest BCUT2D eigenvalue weighted by molar-refractivity contribution is 7.13. The monoisotopic (exact) mass is 415 g/mol. The Hall–Kier alpha value is -1.70. The molecule has 0 saturated carbocycles. The maximum absolute atomic E-state index is 13.6. The van der Waals surface area contributed by atoms with E-state index in [1.54, 1.807) is 4.90 Å². The van der Waals surface area contributed by atoms with E-state index in [0.717, 1.165) is 11.8 Å². The van der Waals surface area contributed by atoms with E-state index in [9.17, 15) is 14.0 Å². The van der Waals surface area contributed by atoms with Crippen molar-refractivity contribution in [1.29, 1.82) is 0 Å². The van der Waals surface area contributed by atoms with Gasteiger partial charge in [-0.3, -0.25) is 9.59 Å². The number of piperidine rings is 1. The lowest BCUT2D eigenvalue weighted by Crippen LogP contribution is -2.41. The Kier molecular flexibility index (Phi) is 5.79. The molecule has 138 valence electrons. The second kappa shape index (κ2) is 7.90. The highest BCUT2D eigenvalue weighted by atomic mass is 35.5. The molecule has 9 heteroatoms.